The Morgan fingerprint density at radius 3 is 2.57 bits per heavy atom. The molecular weight excluding hydrogens is 380 g/mol. The number of hydrogen-bond acceptors (Lipinski definition) is 6. The van der Waals surface area contributed by atoms with E-state index in [1.807, 2.05) is 4.90 Å². The average molecular weight is 396 g/mol. The first-order valence-corrected chi connectivity index (χ1v) is 8.53. The van der Waals surface area contributed by atoms with Crippen LogP contribution in [0, 0.1) is 11.3 Å². The highest BCUT2D eigenvalue weighted by Gasteiger charge is 2.44. The van der Waals surface area contributed by atoms with E-state index in [2.05, 4.69) is 32.0 Å². The normalized spacial score (nSPS) is 20.0. The number of hydrogen-bond donors (Lipinski definition) is 2. The predicted octanol–water partition coefficient (Wildman–Crippen LogP) is 3.08. The lowest BCUT2D eigenvalue weighted by Crippen LogP contribution is -2.58. The molecule has 23 heavy (non-hydrogen) atoms. The summed E-state index contributed by atoms with van der Waals surface area (Å²) in [6, 6.07) is 5.42. The number of aliphatic imine (C=N–C) groups is 2. The van der Waals surface area contributed by atoms with Crippen LogP contribution in [0.2, 0.25) is 5.02 Å². The second-order valence-electron chi connectivity index (χ2n) is 5.72. The monoisotopic (exact) mass is 394 g/mol. The molecule has 120 valence electrons. The standard InChI is InChI=1S/C15H16BrClN6/c16-10-6-9(8-18)7-11(17)12(10)23-14(20)21-13(19)22-15(23)4-2-1-3-5-15/h6-7H,1-5H2,(H4,19,20,21,22). The van der Waals surface area contributed by atoms with Gasteiger partial charge in [0.05, 0.1) is 22.3 Å². The first kappa shape index (κ1) is 16.1. The molecule has 1 aromatic rings. The maximum Gasteiger partial charge on any atom is 0.220 e. The molecular formula is C15H16BrClN6. The fourth-order valence-electron chi connectivity index (χ4n) is 3.29. The molecule has 6 nitrogen and oxygen atoms in total. The SMILES string of the molecule is N#Cc1cc(Cl)c(N2C(N)=NC(N)=NC23CCCCC3)c(Br)c1. The molecule has 0 unspecified atom stereocenters. The van der Waals surface area contributed by atoms with Crippen LogP contribution in [0.5, 0.6) is 0 Å². The van der Waals surface area contributed by atoms with Gasteiger partial charge in [-0.15, -0.1) is 0 Å². The van der Waals surface area contributed by atoms with E-state index in [0.717, 1.165) is 32.1 Å². The zero-order chi connectivity index (χ0) is 16.6. The fraction of sp³-hybridized carbons (Fsp3) is 0.400. The molecule has 8 heteroatoms. The van der Waals surface area contributed by atoms with Crippen LogP contribution >= 0.6 is 27.5 Å². The van der Waals surface area contributed by atoms with Crippen molar-refractivity contribution in [2.45, 2.75) is 37.8 Å². The van der Waals surface area contributed by atoms with E-state index in [-0.39, 0.29) is 11.9 Å². The Hall–Kier alpha value is -1.78. The van der Waals surface area contributed by atoms with Crippen LogP contribution in [0.1, 0.15) is 37.7 Å². The van der Waals surface area contributed by atoms with Gasteiger partial charge in [0, 0.05) is 4.47 Å². The highest BCUT2D eigenvalue weighted by molar-refractivity contribution is 9.10. The van der Waals surface area contributed by atoms with E-state index in [4.69, 9.17) is 28.3 Å². The Morgan fingerprint density at radius 2 is 1.96 bits per heavy atom. The third kappa shape index (κ3) is 2.77. The average Bonchev–Trinajstić information content (AvgIpc) is 2.49. The number of halogens is 2. The molecule has 3 rings (SSSR count). The molecule has 0 atom stereocenters. The number of nitriles is 1. The molecule has 0 aromatic heterocycles. The molecule has 4 N–H and O–H groups in total. The maximum atomic E-state index is 9.09. The van der Waals surface area contributed by atoms with E-state index >= 15 is 0 Å². The predicted molar refractivity (Wildman–Crippen MR) is 95.4 cm³/mol. The van der Waals surface area contributed by atoms with Gasteiger partial charge in [-0.3, -0.25) is 4.90 Å². The summed E-state index contributed by atoms with van der Waals surface area (Å²) in [6.45, 7) is 0. The molecule has 1 fully saturated rings. The summed E-state index contributed by atoms with van der Waals surface area (Å²) in [5, 5.41) is 9.51. The molecule has 1 spiro atoms. The molecule has 0 radical (unpaired) electrons. The summed E-state index contributed by atoms with van der Waals surface area (Å²) in [5.41, 5.74) is 12.6. The number of rotatable bonds is 1. The Labute approximate surface area is 147 Å². The Balaban J connectivity index is 2.17. The van der Waals surface area contributed by atoms with Crippen molar-refractivity contribution in [3.05, 3.63) is 27.2 Å². The van der Waals surface area contributed by atoms with Gasteiger partial charge >= 0.3 is 0 Å². The molecule has 0 bridgehead atoms. The number of nitrogens with zero attached hydrogens (tertiary/aromatic N) is 4. The summed E-state index contributed by atoms with van der Waals surface area (Å²) >= 11 is 9.94. The minimum absolute atomic E-state index is 0.196. The second kappa shape index (κ2) is 6.02. The number of nitrogens with two attached hydrogens (primary N) is 2. The number of benzene rings is 1. The Kier molecular flexibility index (Phi) is 4.21. The van der Waals surface area contributed by atoms with Gasteiger partial charge in [0.25, 0.3) is 0 Å². The molecule has 0 saturated heterocycles. The highest BCUT2D eigenvalue weighted by atomic mass is 79.9. The minimum atomic E-state index is -0.561. The Morgan fingerprint density at radius 1 is 1.26 bits per heavy atom. The van der Waals surface area contributed by atoms with Crippen molar-refractivity contribution in [1.82, 2.24) is 0 Å². The smallest absolute Gasteiger partial charge is 0.220 e. The van der Waals surface area contributed by atoms with Crippen molar-refractivity contribution in [2.24, 2.45) is 21.5 Å². The van der Waals surface area contributed by atoms with Gasteiger partial charge in [0.1, 0.15) is 5.66 Å². The third-order valence-corrected chi connectivity index (χ3v) is 5.11. The van der Waals surface area contributed by atoms with E-state index < -0.39 is 5.66 Å². The van der Waals surface area contributed by atoms with Crippen LogP contribution in [-0.4, -0.2) is 17.6 Å². The minimum Gasteiger partial charge on any atom is -0.369 e. The number of guanidine groups is 2. The molecule has 0 amide bonds. The van der Waals surface area contributed by atoms with Crippen LogP contribution in [0.15, 0.2) is 26.6 Å². The van der Waals surface area contributed by atoms with Gasteiger partial charge in [0.2, 0.25) is 11.9 Å². The maximum absolute atomic E-state index is 9.09. The largest absolute Gasteiger partial charge is 0.369 e. The van der Waals surface area contributed by atoms with Crippen LogP contribution in [0.4, 0.5) is 5.69 Å². The molecule has 2 aliphatic rings. The number of anilines is 1. The third-order valence-electron chi connectivity index (χ3n) is 4.22. The molecule has 1 heterocycles. The summed E-state index contributed by atoms with van der Waals surface area (Å²) < 4.78 is 0.681. The van der Waals surface area contributed by atoms with Crippen molar-refractivity contribution in [2.75, 3.05) is 4.90 Å². The van der Waals surface area contributed by atoms with Gasteiger partial charge in [-0.1, -0.05) is 18.0 Å². The second-order valence-corrected chi connectivity index (χ2v) is 6.98. The van der Waals surface area contributed by atoms with Crippen LogP contribution < -0.4 is 16.4 Å². The van der Waals surface area contributed by atoms with Crippen molar-refractivity contribution < 1.29 is 0 Å². The molecule has 1 aliphatic carbocycles. The molecule has 1 aromatic carbocycles. The van der Waals surface area contributed by atoms with Gasteiger partial charge in [-0.05, 0) is 53.7 Å². The lowest BCUT2D eigenvalue weighted by atomic mass is 9.87. The van der Waals surface area contributed by atoms with E-state index in [9.17, 15) is 0 Å². The van der Waals surface area contributed by atoms with Crippen LogP contribution in [0.25, 0.3) is 0 Å². The Bertz CT molecular complexity index is 722. The summed E-state index contributed by atoms with van der Waals surface area (Å²) in [6.07, 6.45) is 4.88. The van der Waals surface area contributed by atoms with E-state index in [1.165, 1.54) is 0 Å². The van der Waals surface area contributed by atoms with Gasteiger partial charge in [-0.25, -0.2) is 4.99 Å². The molecule has 1 aliphatic heterocycles. The summed E-state index contributed by atoms with van der Waals surface area (Å²) in [5.74, 6) is 0.466. The highest BCUT2D eigenvalue weighted by Crippen LogP contribution is 2.44. The van der Waals surface area contributed by atoms with Crippen LogP contribution in [-0.2, 0) is 0 Å². The van der Waals surface area contributed by atoms with Crippen LogP contribution in [0.3, 0.4) is 0 Å². The van der Waals surface area contributed by atoms with Crippen molar-refractivity contribution in [3.63, 3.8) is 0 Å². The van der Waals surface area contributed by atoms with Crippen molar-refractivity contribution >= 4 is 45.1 Å². The molecule has 1 saturated carbocycles. The van der Waals surface area contributed by atoms with Crippen molar-refractivity contribution in [1.29, 1.82) is 5.26 Å². The first-order chi connectivity index (χ1) is 11.0. The van der Waals surface area contributed by atoms with Gasteiger partial charge in [0.15, 0.2) is 0 Å². The summed E-state index contributed by atoms with van der Waals surface area (Å²) in [4.78, 5) is 10.6. The zero-order valence-electron chi connectivity index (χ0n) is 12.4. The van der Waals surface area contributed by atoms with Gasteiger partial charge in [-0.2, -0.15) is 10.3 Å². The lowest BCUT2D eigenvalue weighted by Gasteiger charge is -2.46. The zero-order valence-corrected chi connectivity index (χ0v) is 14.7. The summed E-state index contributed by atoms with van der Waals surface area (Å²) in [7, 11) is 0. The topological polar surface area (TPSA) is 104 Å². The van der Waals surface area contributed by atoms with E-state index in [0.29, 0.717) is 20.7 Å². The quantitative estimate of drug-likeness (QED) is 0.762. The van der Waals surface area contributed by atoms with Gasteiger partial charge < -0.3 is 11.5 Å². The lowest BCUT2D eigenvalue weighted by molar-refractivity contribution is 0.305. The first-order valence-electron chi connectivity index (χ1n) is 7.36. The van der Waals surface area contributed by atoms with E-state index in [1.54, 1.807) is 12.1 Å². The van der Waals surface area contributed by atoms with Crippen molar-refractivity contribution in [3.8, 4) is 6.07 Å². The fourth-order valence-corrected chi connectivity index (χ4v) is 4.34.